The molecule has 0 N–H and O–H groups in total. The van der Waals surface area contributed by atoms with Crippen molar-refractivity contribution in [3.8, 4) is 11.4 Å². The number of tetrazole rings is 1. The molecule has 1 aromatic heterocycles. The van der Waals surface area contributed by atoms with Gasteiger partial charge in [0, 0.05) is 13.1 Å². The van der Waals surface area contributed by atoms with Crippen molar-refractivity contribution in [2.45, 2.75) is 39.1 Å². The number of carbonyl (C=O) groups is 1. The maximum Gasteiger partial charge on any atom is 0.263 e. The van der Waals surface area contributed by atoms with Gasteiger partial charge in [-0.2, -0.15) is 0 Å². The number of ether oxygens (including phenoxy) is 2. The number of aromatic nitrogens is 4. The molecule has 2 aromatic rings. The number of morpholine rings is 1. The van der Waals surface area contributed by atoms with Gasteiger partial charge in [-0.3, -0.25) is 4.79 Å². The van der Waals surface area contributed by atoms with Crippen molar-refractivity contribution < 1.29 is 14.3 Å². The first-order chi connectivity index (χ1) is 11.5. The number of hydrogen-bond acceptors (Lipinski definition) is 6. The van der Waals surface area contributed by atoms with Crippen LogP contribution in [-0.4, -0.2) is 62.4 Å². The number of hydrogen-bond donors (Lipinski definition) is 0. The summed E-state index contributed by atoms with van der Waals surface area (Å²) >= 11 is 0. The van der Waals surface area contributed by atoms with E-state index in [9.17, 15) is 4.79 Å². The largest absolute Gasteiger partial charge is 0.481 e. The lowest BCUT2D eigenvalue weighted by atomic mass is 10.2. The molecular formula is C16H21N5O3. The highest BCUT2D eigenvalue weighted by molar-refractivity contribution is 5.81. The van der Waals surface area contributed by atoms with Gasteiger partial charge in [-0.15, -0.1) is 5.10 Å². The van der Waals surface area contributed by atoms with Gasteiger partial charge in [-0.05, 0) is 55.5 Å². The van der Waals surface area contributed by atoms with E-state index in [1.807, 2.05) is 26.0 Å². The summed E-state index contributed by atoms with van der Waals surface area (Å²) in [6, 6.07) is 7.26. The lowest BCUT2D eigenvalue weighted by Crippen LogP contribution is -2.51. The van der Waals surface area contributed by atoms with Crippen molar-refractivity contribution in [3.63, 3.8) is 0 Å². The zero-order chi connectivity index (χ0) is 17.1. The number of nitrogens with zero attached hydrogens (tertiary/aromatic N) is 5. The molecule has 0 aliphatic carbocycles. The lowest BCUT2D eigenvalue weighted by molar-refractivity contribution is -0.149. The summed E-state index contributed by atoms with van der Waals surface area (Å²) in [6.45, 7) is 6.89. The molecule has 0 radical (unpaired) electrons. The zero-order valence-electron chi connectivity index (χ0n) is 14.0. The SMILES string of the molecule is C[C@@H]1CN(C(=O)[C@H](C)Oc2ccc(-n3cnnn3)cc2)C[C@H](C)O1. The van der Waals surface area contributed by atoms with Crippen molar-refractivity contribution in [1.29, 1.82) is 0 Å². The minimum Gasteiger partial charge on any atom is -0.481 e. The summed E-state index contributed by atoms with van der Waals surface area (Å²) in [7, 11) is 0. The molecule has 3 rings (SSSR count). The monoisotopic (exact) mass is 331 g/mol. The summed E-state index contributed by atoms with van der Waals surface area (Å²) in [6.07, 6.45) is 1.05. The summed E-state index contributed by atoms with van der Waals surface area (Å²) in [5, 5.41) is 11.0. The first-order valence-corrected chi connectivity index (χ1v) is 7.97. The van der Waals surface area contributed by atoms with Crippen LogP contribution in [0.1, 0.15) is 20.8 Å². The molecule has 128 valence electrons. The van der Waals surface area contributed by atoms with Crippen molar-refractivity contribution in [2.75, 3.05) is 13.1 Å². The molecule has 3 atom stereocenters. The van der Waals surface area contributed by atoms with Crippen LogP contribution in [0.25, 0.3) is 5.69 Å². The highest BCUT2D eigenvalue weighted by atomic mass is 16.5. The number of amides is 1. The van der Waals surface area contributed by atoms with E-state index in [2.05, 4.69) is 15.5 Å². The average molecular weight is 331 g/mol. The second kappa shape index (κ2) is 6.96. The van der Waals surface area contributed by atoms with Gasteiger partial charge in [-0.25, -0.2) is 4.68 Å². The number of carbonyl (C=O) groups excluding carboxylic acids is 1. The molecule has 2 heterocycles. The van der Waals surface area contributed by atoms with Crippen molar-refractivity contribution >= 4 is 5.91 Å². The number of benzene rings is 1. The Balaban J connectivity index is 1.61. The molecule has 1 aliphatic rings. The second-order valence-electron chi connectivity index (χ2n) is 6.01. The topological polar surface area (TPSA) is 82.4 Å². The molecule has 0 unspecified atom stereocenters. The molecule has 1 saturated heterocycles. The summed E-state index contributed by atoms with van der Waals surface area (Å²) < 4.78 is 13.0. The Morgan fingerprint density at radius 1 is 1.25 bits per heavy atom. The van der Waals surface area contributed by atoms with E-state index in [0.717, 1.165) is 5.69 Å². The maximum absolute atomic E-state index is 12.6. The Hall–Kier alpha value is -2.48. The Labute approximate surface area is 140 Å². The fourth-order valence-electron chi connectivity index (χ4n) is 2.83. The Kier molecular flexibility index (Phi) is 4.75. The predicted octanol–water partition coefficient (Wildman–Crippen LogP) is 1.07. The highest BCUT2D eigenvalue weighted by Gasteiger charge is 2.29. The molecule has 24 heavy (non-hydrogen) atoms. The molecule has 8 nitrogen and oxygen atoms in total. The van der Waals surface area contributed by atoms with Gasteiger partial charge in [0.1, 0.15) is 12.1 Å². The lowest BCUT2D eigenvalue weighted by Gasteiger charge is -2.36. The van der Waals surface area contributed by atoms with Crippen molar-refractivity contribution in [3.05, 3.63) is 30.6 Å². The third-order valence-corrected chi connectivity index (χ3v) is 3.84. The van der Waals surface area contributed by atoms with E-state index in [0.29, 0.717) is 18.8 Å². The third-order valence-electron chi connectivity index (χ3n) is 3.84. The molecule has 8 heteroatoms. The van der Waals surface area contributed by atoms with Gasteiger partial charge in [0.15, 0.2) is 6.10 Å². The fourth-order valence-corrected chi connectivity index (χ4v) is 2.83. The molecule has 1 aliphatic heterocycles. The Morgan fingerprint density at radius 2 is 1.92 bits per heavy atom. The smallest absolute Gasteiger partial charge is 0.263 e. The number of rotatable bonds is 4. The van der Waals surface area contributed by atoms with Crippen LogP contribution in [0.4, 0.5) is 0 Å². The Bertz CT molecular complexity index is 664. The quantitative estimate of drug-likeness (QED) is 0.833. The molecular weight excluding hydrogens is 310 g/mol. The third kappa shape index (κ3) is 3.70. The van der Waals surface area contributed by atoms with Gasteiger partial charge in [0.05, 0.1) is 17.9 Å². The van der Waals surface area contributed by atoms with Crippen molar-refractivity contribution in [1.82, 2.24) is 25.1 Å². The van der Waals surface area contributed by atoms with Crippen LogP contribution in [0.15, 0.2) is 30.6 Å². The minimum absolute atomic E-state index is 0.0263. The molecule has 1 aromatic carbocycles. The molecule has 0 bridgehead atoms. The summed E-state index contributed by atoms with van der Waals surface area (Å²) in [4.78, 5) is 14.4. The highest BCUT2D eigenvalue weighted by Crippen LogP contribution is 2.18. The van der Waals surface area contributed by atoms with E-state index in [1.165, 1.54) is 6.33 Å². The standard InChI is InChI=1S/C16H21N5O3/c1-11-8-20(9-12(2)23-11)16(22)13(3)24-15-6-4-14(5-7-15)21-10-17-18-19-21/h4-7,10-13H,8-9H2,1-3H3/t11-,12+,13-/m0/s1. The minimum atomic E-state index is -0.554. The molecule has 1 amide bonds. The van der Waals surface area contributed by atoms with E-state index in [1.54, 1.807) is 28.6 Å². The van der Waals surface area contributed by atoms with Gasteiger partial charge >= 0.3 is 0 Å². The van der Waals surface area contributed by atoms with E-state index in [-0.39, 0.29) is 18.1 Å². The Morgan fingerprint density at radius 3 is 2.50 bits per heavy atom. The maximum atomic E-state index is 12.6. The van der Waals surface area contributed by atoms with Crippen LogP contribution in [-0.2, 0) is 9.53 Å². The van der Waals surface area contributed by atoms with Crippen LogP contribution in [0.2, 0.25) is 0 Å². The van der Waals surface area contributed by atoms with Crippen LogP contribution < -0.4 is 4.74 Å². The average Bonchev–Trinajstić information content (AvgIpc) is 3.08. The van der Waals surface area contributed by atoms with E-state index in [4.69, 9.17) is 9.47 Å². The fraction of sp³-hybridized carbons (Fsp3) is 0.500. The van der Waals surface area contributed by atoms with Gasteiger partial charge in [0.2, 0.25) is 0 Å². The summed E-state index contributed by atoms with van der Waals surface area (Å²) in [5.41, 5.74) is 0.821. The predicted molar refractivity (Wildman–Crippen MR) is 85.8 cm³/mol. The van der Waals surface area contributed by atoms with Crippen LogP contribution in [0.5, 0.6) is 5.75 Å². The van der Waals surface area contributed by atoms with Gasteiger partial charge in [-0.1, -0.05) is 0 Å². The second-order valence-corrected chi connectivity index (χ2v) is 6.01. The van der Waals surface area contributed by atoms with Crippen molar-refractivity contribution in [2.24, 2.45) is 0 Å². The summed E-state index contributed by atoms with van der Waals surface area (Å²) in [5.74, 6) is 0.601. The zero-order valence-corrected chi connectivity index (χ0v) is 14.0. The van der Waals surface area contributed by atoms with Gasteiger partial charge < -0.3 is 14.4 Å². The van der Waals surface area contributed by atoms with Crippen LogP contribution in [0, 0.1) is 0 Å². The molecule has 0 saturated carbocycles. The molecule has 0 spiro atoms. The van der Waals surface area contributed by atoms with E-state index >= 15 is 0 Å². The van der Waals surface area contributed by atoms with Gasteiger partial charge in [0.25, 0.3) is 5.91 Å². The van der Waals surface area contributed by atoms with Crippen LogP contribution in [0.3, 0.4) is 0 Å². The van der Waals surface area contributed by atoms with Crippen LogP contribution >= 0.6 is 0 Å². The first-order valence-electron chi connectivity index (χ1n) is 7.97. The normalized spacial score (nSPS) is 22.2. The molecule has 1 fully saturated rings. The van der Waals surface area contributed by atoms with E-state index < -0.39 is 6.10 Å². The first kappa shape index (κ1) is 16.4.